The standard InChI is InChI=1S/C30H32ClN3O3/c1-7-20(5)37-27-13-12-21(15-25(27)31)17-32-34-29(33-26-11-9-8-10-22(26)30(34)35)24-16-23(18(2)3)28(36-6)14-19(24)4/h8-18,20H,7H2,1-6H3/t20-/m0/s1. The number of para-hydroxylation sites is 1. The van der Waals surface area contributed by atoms with Gasteiger partial charge in [0.05, 0.1) is 35.4 Å². The molecule has 0 spiro atoms. The van der Waals surface area contributed by atoms with E-state index < -0.39 is 0 Å². The van der Waals surface area contributed by atoms with E-state index in [0.717, 1.165) is 34.4 Å². The molecule has 0 saturated carbocycles. The number of aromatic nitrogens is 2. The van der Waals surface area contributed by atoms with Crippen molar-refractivity contribution >= 4 is 28.7 Å². The second kappa shape index (κ2) is 11.2. The average molecular weight is 518 g/mol. The van der Waals surface area contributed by atoms with E-state index in [0.29, 0.717) is 27.5 Å². The summed E-state index contributed by atoms with van der Waals surface area (Å²) in [5.74, 6) is 2.11. The van der Waals surface area contributed by atoms with Gasteiger partial charge in [0.2, 0.25) is 0 Å². The highest BCUT2D eigenvalue weighted by Gasteiger charge is 2.18. The summed E-state index contributed by atoms with van der Waals surface area (Å²) in [5.41, 5.74) is 3.89. The number of ether oxygens (including phenoxy) is 2. The first-order valence-corrected chi connectivity index (χ1v) is 12.8. The number of methoxy groups -OCH3 is 1. The molecule has 1 atom stereocenters. The Morgan fingerprint density at radius 1 is 1.08 bits per heavy atom. The number of fused-ring (bicyclic) bond motifs is 1. The van der Waals surface area contributed by atoms with Crippen LogP contribution in [0.15, 0.2) is 64.5 Å². The van der Waals surface area contributed by atoms with E-state index in [2.05, 4.69) is 25.9 Å². The molecule has 0 amide bonds. The number of hydrogen-bond acceptors (Lipinski definition) is 5. The molecule has 1 heterocycles. The fourth-order valence-corrected chi connectivity index (χ4v) is 4.32. The normalized spacial score (nSPS) is 12.4. The molecule has 3 aromatic carbocycles. The molecule has 0 fully saturated rings. The summed E-state index contributed by atoms with van der Waals surface area (Å²) >= 11 is 6.47. The Hall–Kier alpha value is -3.64. The molecule has 0 aliphatic rings. The van der Waals surface area contributed by atoms with Gasteiger partial charge < -0.3 is 9.47 Å². The first-order valence-electron chi connectivity index (χ1n) is 12.4. The number of halogens is 1. The fourth-order valence-electron chi connectivity index (χ4n) is 4.09. The molecule has 192 valence electrons. The Balaban J connectivity index is 1.87. The van der Waals surface area contributed by atoms with E-state index in [1.807, 2.05) is 56.3 Å². The van der Waals surface area contributed by atoms with Gasteiger partial charge in [-0.15, -0.1) is 0 Å². The summed E-state index contributed by atoms with van der Waals surface area (Å²) in [7, 11) is 1.67. The highest BCUT2D eigenvalue weighted by atomic mass is 35.5. The van der Waals surface area contributed by atoms with E-state index in [1.54, 1.807) is 25.5 Å². The van der Waals surface area contributed by atoms with Crippen LogP contribution in [0.25, 0.3) is 22.3 Å². The molecule has 4 rings (SSSR count). The molecule has 0 aliphatic carbocycles. The number of rotatable bonds is 8. The summed E-state index contributed by atoms with van der Waals surface area (Å²) in [6.45, 7) is 10.2. The van der Waals surface area contributed by atoms with Crippen molar-refractivity contribution in [2.45, 2.75) is 53.1 Å². The maximum atomic E-state index is 13.6. The van der Waals surface area contributed by atoms with Crippen molar-refractivity contribution in [1.82, 2.24) is 9.66 Å². The van der Waals surface area contributed by atoms with Crippen LogP contribution in [0.1, 0.15) is 56.7 Å². The van der Waals surface area contributed by atoms with Crippen LogP contribution in [0.3, 0.4) is 0 Å². The largest absolute Gasteiger partial charge is 0.496 e. The molecule has 7 heteroatoms. The van der Waals surface area contributed by atoms with Crippen molar-refractivity contribution < 1.29 is 9.47 Å². The molecule has 0 radical (unpaired) electrons. The number of hydrogen-bond donors (Lipinski definition) is 0. The minimum atomic E-state index is -0.249. The molecule has 0 aliphatic heterocycles. The van der Waals surface area contributed by atoms with Gasteiger partial charge in [0.25, 0.3) is 5.56 Å². The zero-order valence-corrected chi connectivity index (χ0v) is 22.8. The lowest BCUT2D eigenvalue weighted by Gasteiger charge is -2.17. The van der Waals surface area contributed by atoms with Gasteiger partial charge in [-0.1, -0.05) is 44.5 Å². The van der Waals surface area contributed by atoms with Crippen molar-refractivity contribution in [2.24, 2.45) is 5.10 Å². The lowest BCUT2D eigenvalue weighted by Crippen LogP contribution is -2.20. The second-order valence-electron chi connectivity index (χ2n) is 9.40. The topological polar surface area (TPSA) is 65.7 Å². The molecule has 0 N–H and O–H groups in total. The van der Waals surface area contributed by atoms with Gasteiger partial charge in [-0.25, -0.2) is 4.98 Å². The SMILES string of the molecule is CC[C@H](C)Oc1ccc(C=Nn2c(-c3cc(C(C)C)c(OC)cc3C)nc3ccccc3c2=O)cc1Cl. The maximum absolute atomic E-state index is 13.6. The van der Waals surface area contributed by atoms with Crippen molar-refractivity contribution in [1.29, 1.82) is 0 Å². The van der Waals surface area contributed by atoms with Gasteiger partial charge in [-0.3, -0.25) is 4.79 Å². The number of benzene rings is 3. The second-order valence-corrected chi connectivity index (χ2v) is 9.81. The highest BCUT2D eigenvalue weighted by molar-refractivity contribution is 6.32. The predicted octanol–water partition coefficient (Wildman–Crippen LogP) is 7.22. The first kappa shape index (κ1) is 26.4. The van der Waals surface area contributed by atoms with Gasteiger partial charge >= 0.3 is 0 Å². The third kappa shape index (κ3) is 5.54. The first-order chi connectivity index (χ1) is 17.7. The van der Waals surface area contributed by atoms with Crippen molar-refractivity contribution in [3.63, 3.8) is 0 Å². The van der Waals surface area contributed by atoms with Gasteiger partial charge in [0, 0.05) is 5.56 Å². The van der Waals surface area contributed by atoms with Crippen LogP contribution in [0.5, 0.6) is 11.5 Å². The van der Waals surface area contributed by atoms with Gasteiger partial charge in [0.1, 0.15) is 11.5 Å². The molecule has 0 unspecified atom stereocenters. The fraction of sp³-hybridized carbons (Fsp3) is 0.300. The third-order valence-electron chi connectivity index (χ3n) is 6.37. The Kier molecular flexibility index (Phi) is 7.98. The summed E-state index contributed by atoms with van der Waals surface area (Å²) < 4.78 is 12.8. The Morgan fingerprint density at radius 3 is 2.51 bits per heavy atom. The number of aryl methyl sites for hydroxylation is 1. The molecule has 4 aromatic rings. The van der Waals surface area contributed by atoms with Crippen molar-refractivity contribution in [3.05, 3.63) is 86.7 Å². The Labute approximate surface area is 222 Å². The van der Waals surface area contributed by atoms with Crippen LogP contribution in [0.4, 0.5) is 0 Å². The molecule has 37 heavy (non-hydrogen) atoms. The molecule has 0 bridgehead atoms. The van der Waals surface area contributed by atoms with Crippen LogP contribution in [0, 0.1) is 6.92 Å². The monoisotopic (exact) mass is 517 g/mol. The minimum absolute atomic E-state index is 0.0605. The quantitative estimate of drug-likeness (QED) is 0.231. The van der Waals surface area contributed by atoms with Crippen LogP contribution < -0.4 is 15.0 Å². The lowest BCUT2D eigenvalue weighted by atomic mass is 9.96. The molecule has 1 aromatic heterocycles. The molecule has 6 nitrogen and oxygen atoms in total. The summed E-state index contributed by atoms with van der Waals surface area (Å²) in [5, 5.41) is 5.58. The average Bonchev–Trinajstić information content (AvgIpc) is 2.89. The van der Waals surface area contributed by atoms with Gasteiger partial charge in [-0.2, -0.15) is 9.78 Å². The maximum Gasteiger partial charge on any atom is 0.282 e. The van der Waals surface area contributed by atoms with Crippen LogP contribution >= 0.6 is 11.6 Å². The highest BCUT2D eigenvalue weighted by Crippen LogP contribution is 2.34. The van der Waals surface area contributed by atoms with Gasteiger partial charge in [-0.05, 0) is 85.3 Å². The van der Waals surface area contributed by atoms with Crippen LogP contribution in [-0.2, 0) is 0 Å². The van der Waals surface area contributed by atoms with E-state index in [-0.39, 0.29) is 17.6 Å². The molecular formula is C30H32ClN3O3. The smallest absolute Gasteiger partial charge is 0.282 e. The lowest BCUT2D eigenvalue weighted by molar-refractivity contribution is 0.217. The number of nitrogens with zero attached hydrogens (tertiary/aromatic N) is 3. The zero-order chi connectivity index (χ0) is 26.7. The van der Waals surface area contributed by atoms with Crippen LogP contribution in [-0.4, -0.2) is 29.1 Å². The Bertz CT molecular complexity index is 1530. The minimum Gasteiger partial charge on any atom is -0.496 e. The van der Waals surface area contributed by atoms with Gasteiger partial charge in [0.15, 0.2) is 5.82 Å². The zero-order valence-electron chi connectivity index (χ0n) is 22.1. The van der Waals surface area contributed by atoms with Crippen molar-refractivity contribution in [2.75, 3.05) is 7.11 Å². The molecular weight excluding hydrogens is 486 g/mol. The third-order valence-corrected chi connectivity index (χ3v) is 6.67. The predicted molar refractivity (Wildman–Crippen MR) is 152 cm³/mol. The summed E-state index contributed by atoms with van der Waals surface area (Å²) in [6.07, 6.45) is 2.55. The van der Waals surface area contributed by atoms with E-state index in [9.17, 15) is 4.79 Å². The summed E-state index contributed by atoms with van der Waals surface area (Å²) in [4.78, 5) is 18.5. The van der Waals surface area contributed by atoms with E-state index in [4.69, 9.17) is 26.1 Å². The van der Waals surface area contributed by atoms with Crippen LogP contribution in [0.2, 0.25) is 5.02 Å². The summed E-state index contributed by atoms with van der Waals surface area (Å²) in [6, 6.07) is 16.8. The van der Waals surface area contributed by atoms with Crippen molar-refractivity contribution in [3.8, 4) is 22.9 Å². The van der Waals surface area contributed by atoms with E-state index >= 15 is 0 Å². The van der Waals surface area contributed by atoms with E-state index in [1.165, 1.54) is 4.68 Å². The Morgan fingerprint density at radius 2 is 1.84 bits per heavy atom. The molecule has 0 saturated heterocycles.